The summed E-state index contributed by atoms with van der Waals surface area (Å²) in [5, 5.41) is 18.7. The van der Waals surface area contributed by atoms with E-state index >= 15 is 0 Å². The van der Waals surface area contributed by atoms with E-state index in [1.807, 2.05) is 6.07 Å². The van der Waals surface area contributed by atoms with Crippen molar-refractivity contribution in [2.24, 2.45) is 0 Å². The van der Waals surface area contributed by atoms with Crippen molar-refractivity contribution in [2.75, 3.05) is 14.2 Å². The summed E-state index contributed by atoms with van der Waals surface area (Å²) < 4.78 is 5.17. The summed E-state index contributed by atoms with van der Waals surface area (Å²) in [6.45, 7) is 0.717. The molecule has 0 amide bonds. The standard InChI is InChI=1S/C12H18BNO3/c1-14(10-3-4-10)8-9-7-11(17-2)5-6-12(9)13(15)16/h5-7,10,15-16H,3-4,8H2,1-2H3. The number of ether oxygens (including phenoxy) is 1. The van der Waals surface area contributed by atoms with E-state index in [1.165, 1.54) is 12.8 Å². The van der Waals surface area contributed by atoms with Crippen molar-refractivity contribution in [3.05, 3.63) is 23.8 Å². The third kappa shape index (κ3) is 3.00. The summed E-state index contributed by atoms with van der Waals surface area (Å²) in [5.74, 6) is 0.744. The first-order chi connectivity index (χ1) is 8.11. The van der Waals surface area contributed by atoms with E-state index in [-0.39, 0.29) is 0 Å². The molecule has 1 aliphatic rings. The average molecular weight is 235 g/mol. The normalized spacial score (nSPS) is 15.1. The second kappa shape index (κ2) is 5.08. The molecule has 0 saturated heterocycles. The van der Waals surface area contributed by atoms with Crippen LogP contribution in [0.4, 0.5) is 0 Å². The first-order valence-electron chi connectivity index (χ1n) is 5.85. The molecule has 1 aliphatic carbocycles. The van der Waals surface area contributed by atoms with Crippen molar-refractivity contribution in [3.8, 4) is 5.75 Å². The maximum Gasteiger partial charge on any atom is 0.488 e. The van der Waals surface area contributed by atoms with Crippen LogP contribution < -0.4 is 10.2 Å². The number of benzene rings is 1. The molecule has 0 radical (unpaired) electrons. The van der Waals surface area contributed by atoms with Crippen LogP contribution in [0.3, 0.4) is 0 Å². The second-order valence-corrected chi connectivity index (χ2v) is 4.58. The number of hydrogen-bond donors (Lipinski definition) is 2. The predicted octanol–water partition coefficient (Wildman–Crippen LogP) is -0.0308. The predicted molar refractivity (Wildman–Crippen MR) is 67.3 cm³/mol. The first-order valence-corrected chi connectivity index (χ1v) is 5.85. The van der Waals surface area contributed by atoms with Gasteiger partial charge in [0.2, 0.25) is 0 Å². The van der Waals surface area contributed by atoms with E-state index in [4.69, 9.17) is 4.74 Å². The van der Waals surface area contributed by atoms with Gasteiger partial charge in [-0.05, 0) is 43.0 Å². The van der Waals surface area contributed by atoms with Gasteiger partial charge in [-0.2, -0.15) is 0 Å². The molecular weight excluding hydrogens is 217 g/mol. The maximum atomic E-state index is 9.33. The summed E-state index contributed by atoms with van der Waals surface area (Å²) in [4.78, 5) is 2.24. The van der Waals surface area contributed by atoms with Crippen molar-refractivity contribution in [1.29, 1.82) is 0 Å². The van der Waals surface area contributed by atoms with Crippen molar-refractivity contribution in [2.45, 2.75) is 25.4 Å². The lowest BCUT2D eigenvalue weighted by Crippen LogP contribution is -2.35. The molecular formula is C12H18BNO3. The van der Waals surface area contributed by atoms with E-state index < -0.39 is 7.12 Å². The SMILES string of the molecule is COc1ccc(B(O)O)c(CN(C)C2CC2)c1. The molecule has 0 aromatic heterocycles. The van der Waals surface area contributed by atoms with Crippen LogP contribution in [0.5, 0.6) is 5.75 Å². The van der Waals surface area contributed by atoms with E-state index in [0.29, 0.717) is 11.5 Å². The Hall–Kier alpha value is -1.04. The number of rotatable bonds is 5. The van der Waals surface area contributed by atoms with E-state index in [9.17, 15) is 10.0 Å². The molecule has 1 fully saturated rings. The number of methoxy groups -OCH3 is 1. The quantitative estimate of drug-likeness (QED) is 0.703. The number of nitrogens with zero attached hydrogens (tertiary/aromatic N) is 1. The lowest BCUT2D eigenvalue weighted by molar-refractivity contribution is 0.315. The van der Waals surface area contributed by atoms with Crippen molar-refractivity contribution >= 4 is 12.6 Å². The summed E-state index contributed by atoms with van der Waals surface area (Å²) >= 11 is 0. The van der Waals surface area contributed by atoms with Gasteiger partial charge in [0.15, 0.2) is 0 Å². The van der Waals surface area contributed by atoms with Gasteiger partial charge in [0.25, 0.3) is 0 Å². The highest BCUT2D eigenvalue weighted by atomic mass is 16.5. The highest BCUT2D eigenvalue weighted by molar-refractivity contribution is 6.59. The monoisotopic (exact) mass is 235 g/mol. The third-order valence-electron chi connectivity index (χ3n) is 3.22. The molecule has 2 rings (SSSR count). The fraction of sp³-hybridized carbons (Fsp3) is 0.500. The van der Waals surface area contributed by atoms with Gasteiger partial charge >= 0.3 is 7.12 Å². The van der Waals surface area contributed by atoms with Crippen LogP contribution in [-0.4, -0.2) is 42.3 Å². The van der Waals surface area contributed by atoms with Gasteiger partial charge in [0.1, 0.15) is 5.75 Å². The zero-order chi connectivity index (χ0) is 12.4. The van der Waals surface area contributed by atoms with E-state index in [1.54, 1.807) is 19.2 Å². The molecule has 17 heavy (non-hydrogen) atoms. The van der Waals surface area contributed by atoms with Crippen LogP contribution in [0.1, 0.15) is 18.4 Å². The minimum Gasteiger partial charge on any atom is -0.497 e. The van der Waals surface area contributed by atoms with Crippen LogP contribution in [-0.2, 0) is 6.54 Å². The van der Waals surface area contributed by atoms with Crippen LogP contribution in [0.15, 0.2) is 18.2 Å². The zero-order valence-corrected chi connectivity index (χ0v) is 10.3. The van der Waals surface area contributed by atoms with Crippen LogP contribution in [0.25, 0.3) is 0 Å². The topological polar surface area (TPSA) is 52.9 Å². The molecule has 0 unspecified atom stereocenters. The summed E-state index contributed by atoms with van der Waals surface area (Å²) in [7, 11) is 2.24. The molecule has 1 aromatic rings. The highest BCUT2D eigenvalue weighted by Gasteiger charge is 2.27. The summed E-state index contributed by atoms with van der Waals surface area (Å²) in [6.07, 6.45) is 2.47. The molecule has 5 heteroatoms. The van der Waals surface area contributed by atoms with Gasteiger partial charge < -0.3 is 14.8 Å². The highest BCUT2D eigenvalue weighted by Crippen LogP contribution is 2.26. The largest absolute Gasteiger partial charge is 0.497 e. The van der Waals surface area contributed by atoms with Crippen molar-refractivity contribution in [1.82, 2.24) is 4.90 Å². The first kappa shape index (κ1) is 12.4. The number of hydrogen-bond acceptors (Lipinski definition) is 4. The van der Waals surface area contributed by atoms with Crippen molar-refractivity contribution in [3.63, 3.8) is 0 Å². The molecule has 0 atom stereocenters. The summed E-state index contributed by atoms with van der Waals surface area (Å²) in [5.41, 5.74) is 1.46. The zero-order valence-electron chi connectivity index (χ0n) is 10.3. The molecule has 1 aromatic carbocycles. The van der Waals surface area contributed by atoms with Gasteiger partial charge in [-0.15, -0.1) is 0 Å². The molecule has 2 N–H and O–H groups in total. The Labute approximate surface area is 102 Å². The Morgan fingerprint density at radius 1 is 1.41 bits per heavy atom. The van der Waals surface area contributed by atoms with Gasteiger partial charge in [-0.25, -0.2) is 0 Å². The lowest BCUT2D eigenvalue weighted by Gasteiger charge is -2.18. The lowest BCUT2D eigenvalue weighted by atomic mass is 9.77. The average Bonchev–Trinajstić information content (AvgIpc) is 3.12. The Morgan fingerprint density at radius 2 is 2.12 bits per heavy atom. The van der Waals surface area contributed by atoms with Gasteiger partial charge in [0, 0.05) is 12.6 Å². The minimum absolute atomic E-state index is 0.554. The van der Waals surface area contributed by atoms with Crippen LogP contribution >= 0.6 is 0 Å². The molecule has 0 aliphatic heterocycles. The Balaban J connectivity index is 2.20. The second-order valence-electron chi connectivity index (χ2n) is 4.58. The van der Waals surface area contributed by atoms with E-state index in [2.05, 4.69) is 11.9 Å². The fourth-order valence-corrected chi connectivity index (χ4v) is 2.01. The minimum atomic E-state index is -1.43. The fourth-order valence-electron chi connectivity index (χ4n) is 2.01. The molecule has 0 heterocycles. The van der Waals surface area contributed by atoms with Gasteiger partial charge in [-0.1, -0.05) is 6.07 Å². The maximum absolute atomic E-state index is 9.33. The van der Waals surface area contributed by atoms with Gasteiger partial charge in [-0.3, -0.25) is 4.90 Å². The molecule has 92 valence electrons. The van der Waals surface area contributed by atoms with Crippen LogP contribution in [0, 0.1) is 0 Å². The van der Waals surface area contributed by atoms with Crippen molar-refractivity contribution < 1.29 is 14.8 Å². The molecule has 0 spiro atoms. The Bertz CT molecular complexity index is 393. The van der Waals surface area contributed by atoms with E-state index in [0.717, 1.165) is 17.9 Å². The Kier molecular flexibility index (Phi) is 3.71. The molecule has 1 saturated carbocycles. The third-order valence-corrected chi connectivity index (χ3v) is 3.22. The van der Waals surface area contributed by atoms with Gasteiger partial charge in [0.05, 0.1) is 7.11 Å². The molecule has 0 bridgehead atoms. The van der Waals surface area contributed by atoms with Crippen LogP contribution in [0.2, 0.25) is 0 Å². The Morgan fingerprint density at radius 3 is 2.65 bits per heavy atom. The smallest absolute Gasteiger partial charge is 0.488 e. The summed E-state index contributed by atoms with van der Waals surface area (Å²) in [6, 6.07) is 5.97. The molecule has 4 nitrogen and oxygen atoms in total.